The zero-order chi connectivity index (χ0) is 75.7. The first-order valence-corrected chi connectivity index (χ1v) is 31.6. The third kappa shape index (κ3) is 22.2. The minimum Gasteiger partial charge on any atom is -0.444 e. The van der Waals surface area contributed by atoms with E-state index in [1.54, 1.807) is 107 Å². The van der Waals surface area contributed by atoms with Crippen LogP contribution < -0.4 is 53.6 Å². The van der Waals surface area contributed by atoms with Crippen molar-refractivity contribution < 1.29 is 59.8 Å². The summed E-state index contributed by atoms with van der Waals surface area (Å²) >= 11 is 0. The van der Waals surface area contributed by atoms with Crippen LogP contribution >= 0.6 is 0 Å². The third-order valence-electron chi connectivity index (χ3n) is 14.0. The second kappa shape index (κ2) is 33.5. The molecule has 11 N–H and O–H groups in total. The van der Waals surface area contributed by atoms with Gasteiger partial charge in [-0.05, 0) is 135 Å². The maximum Gasteiger partial charge on any atom is 0.407 e. The number of alkyl halides is 6. The molecule has 0 atom stereocenters. The summed E-state index contributed by atoms with van der Waals surface area (Å²) in [5.41, 5.74) is 12.2. The van der Waals surface area contributed by atoms with Crippen molar-refractivity contribution in [1.82, 2.24) is 75.7 Å². The average molecular weight is 1430 g/mol. The number of rotatable bonds is 24. The van der Waals surface area contributed by atoms with Crippen molar-refractivity contribution in [3.05, 3.63) is 143 Å². The summed E-state index contributed by atoms with van der Waals surface area (Å²) in [5.74, 6) is -12.9. The number of hydrogen-bond donors (Lipinski definition) is 10. The van der Waals surface area contributed by atoms with E-state index in [1.807, 2.05) is 75.7 Å². The number of hydrogen-bond acceptors (Lipinski definition) is 19. The molecule has 29 nitrogen and oxygen atoms in total. The Hall–Kier alpha value is -12.6. The molecule has 9 rings (SSSR count). The monoisotopic (exact) mass is 1420 g/mol. The maximum absolute atomic E-state index is 14.3. The number of ether oxygens (including phenoxy) is 1. The molecule has 35 heteroatoms. The summed E-state index contributed by atoms with van der Waals surface area (Å²) in [4.78, 5) is 84.3. The number of alkyl carbamates (subject to hydrolysis) is 1. The van der Waals surface area contributed by atoms with Gasteiger partial charge in [-0.2, -0.15) is 31.1 Å². The van der Waals surface area contributed by atoms with Crippen LogP contribution in [0.5, 0.6) is 0 Å². The Bertz CT molecular complexity index is 4550. The lowest BCUT2D eigenvalue weighted by atomic mass is 10.1. The molecule has 0 saturated heterocycles. The number of carbonyl (C=O) groups excluding carboxylic acids is 6. The molecule has 9 aromatic heterocycles. The quantitative estimate of drug-likeness (QED) is 0.0253. The van der Waals surface area contributed by atoms with Gasteiger partial charge in [0.05, 0.1) is 159 Å². The van der Waals surface area contributed by atoms with Crippen molar-refractivity contribution in [3.63, 3.8) is 0 Å². The van der Waals surface area contributed by atoms with Crippen molar-refractivity contribution in [2.45, 2.75) is 111 Å². The van der Waals surface area contributed by atoms with Crippen LogP contribution in [0, 0.1) is 34.0 Å². The normalized spacial score (nSPS) is 11.5. The van der Waals surface area contributed by atoms with Gasteiger partial charge in [0.15, 0.2) is 0 Å². The molecule has 0 aliphatic heterocycles. The number of nitrogens with zero attached hydrogens (tertiary/aromatic N) is 12. The standard InChI is InChI=1S/C25H29F2N7O3.C22H23F2N7O2.C21H22F2N8O2/c1-15(2)33-19-9-20(21-7-6-17-8-16(10-28)11-32-34(17)21)29-12-18(19)22(35)30-13-25(26,27)14-31-23(36)37-24(3,4)5;1-13(2)30-18-7-19(20-5-4-16-6-15(8-25)9-29-31(16)20)26-10-17(18)21(33)28-12-22(23,24)11-27-14(3)32;1-12(2)30-16-6-17(18-4-3-14-5-13(7-24)8-29-31(14)18)26-9-15(16)19(32)27-10-21(22,23)11-28-20(25)33/h6-9,11-12,15H,13-14H2,1-5H3,(H,29,33)(H,30,35)(H,31,36);4-7,9-10,13H,11-12H2,1-3H3,(H,26,30)(H,27,32)(H,28,33);3-6,8-9,12H,10-11H2,1-2H3,(H,26,30)(H,27,32)(H3,25,28,33). The number of fused-ring (bicyclic) bond motifs is 3. The molecular weight excluding hydrogens is 1350 g/mol. The van der Waals surface area contributed by atoms with Crippen molar-refractivity contribution in [2.75, 3.05) is 55.2 Å². The van der Waals surface area contributed by atoms with Crippen molar-refractivity contribution in [1.29, 1.82) is 15.8 Å². The van der Waals surface area contributed by atoms with E-state index in [0.717, 1.165) is 6.92 Å². The number of urea groups is 1. The van der Waals surface area contributed by atoms with E-state index in [0.29, 0.717) is 84.5 Å². The fourth-order valence-corrected chi connectivity index (χ4v) is 9.47. The van der Waals surface area contributed by atoms with E-state index in [4.69, 9.17) is 26.3 Å². The molecule has 9 heterocycles. The Morgan fingerprint density at radius 1 is 0.456 bits per heavy atom. The van der Waals surface area contributed by atoms with Gasteiger partial charge in [-0.15, -0.1) is 0 Å². The molecule has 7 amide bonds. The number of anilines is 3. The number of pyridine rings is 3. The molecular formula is C68H74F6N22O7. The number of nitrogens with one attached hydrogen (secondary N) is 9. The minimum absolute atomic E-state index is 0.0478. The third-order valence-corrected chi connectivity index (χ3v) is 14.0. The Labute approximate surface area is 586 Å². The van der Waals surface area contributed by atoms with Crippen LogP contribution in [0.25, 0.3) is 50.7 Å². The van der Waals surface area contributed by atoms with Crippen LogP contribution in [0.1, 0.15) is 117 Å². The molecule has 0 saturated carbocycles. The molecule has 0 aliphatic carbocycles. The number of carbonyl (C=O) groups is 6. The van der Waals surface area contributed by atoms with Crippen LogP contribution in [0.15, 0.2) is 110 Å². The molecule has 0 aromatic carbocycles. The Kier molecular flexibility index (Phi) is 25.3. The van der Waals surface area contributed by atoms with E-state index in [2.05, 4.69) is 62.1 Å². The molecule has 0 bridgehead atoms. The zero-order valence-electron chi connectivity index (χ0n) is 57.4. The van der Waals surface area contributed by atoms with Crippen LogP contribution in [0.2, 0.25) is 0 Å². The van der Waals surface area contributed by atoms with Gasteiger partial charge in [-0.1, -0.05) is 0 Å². The second-order valence-electron chi connectivity index (χ2n) is 25.1. The topological polar surface area (TPSA) is 408 Å². The molecule has 540 valence electrons. The second-order valence-corrected chi connectivity index (χ2v) is 25.1. The summed E-state index contributed by atoms with van der Waals surface area (Å²) in [6.07, 6.45) is 7.23. The summed E-state index contributed by atoms with van der Waals surface area (Å²) in [6, 6.07) is 25.5. The van der Waals surface area contributed by atoms with E-state index in [9.17, 15) is 55.1 Å². The summed E-state index contributed by atoms with van der Waals surface area (Å²) < 4.78 is 94.0. The predicted molar refractivity (Wildman–Crippen MR) is 368 cm³/mol. The molecule has 9 aromatic rings. The fourth-order valence-electron chi connectivity index (χ4n) is 9.47. The molecule has 0 fully saturated rings. The van der Waals surface area contributed by atoms with Crippen LogP contribution in [0.3, 0.4) is 0 Å². The lowest BCUT2D eigenvalue weighted by Gasteiger charge is -2.22. The van der Waals surface area contributed by atoms with E-state index >= 15 is 0 Å². The van der Waals surface area contributed by atoms with Gasteiger partial charge in [0.25, 0.3) is 35.5 Å². The van der Waals surface area contributed by atoms with Gasteiger partial charge in [0.2, 0.25) is 5.91 Å². The number of aromatic nitrogens is 9. The average Bonchev–Trinajstić information content (AvgIpc) is 1.70. The van der Waals surface area contributed by atoms with Crippen LogP contribution in [0.4, 0.5) is 53.0 Å². The first-order chi connectivity index (χ1) is 48.5. The lowest BCUT2D eigenvalue weighted by Crippen LogP contribution is -2.46. The number of primary amides is 1. The van der Waals surface area contributed by atoms with Gasteiger partial charge in [0, 0.05) is 43.6 Å². The van der Waals surface area contributed by atoms with Crippen molar-refractivity contribution in [3.8, 4) is 52.4 Å². The summed E-state index contributed by atoms with van der Waals surface area (Å²) in [7, 11) is 0. The number of halogens is 6. The SMILES string of the molecule is CC(=O)NCC(F)(F)CNC(=O)c1cnc(-c2ccc3cc(C#N)cnn23)cc1NC(C)C.CC(C)Nc1cc(-c2ccc3cc(C#N)cnn23)ncc1C(=O)NCC(F)(F)CNC(=O)OC(C)(C)C.CC(C)Nc1cc(-c2ccc3cc(C#N)cnn23)ncc1C(=O)NCC(F)(F)CNC(N)=O. The Balaban J connectivity index is 0.000000217. The number of nitriles is 3. The highest BCUT2D eigenvalue weighted by molar-refractivity contribution is 6.01. The molecule has 0 radical (unpaired) electrons. The molecule has 0 unspecified atom stereocenters. The van der Waals surface area contributed by atoms with Gasteiger partial charge in [-0.25, -0.2) is 49.5 Å². The fraction of sp³-hybridized carbons (Fsp3) is 0.338. The number of nitrogens with two attached hydrogens (primary N) is 1. The molecule has 0 aliphatic rings. The van der Waals surface area contributed by atoms with E-state index < -0.39 is 98.4 Å². The highest BCUT2D eigenvalue weighted by Crippen LogP contribution is 2.30. The lowest BCUT2D eigenvalue weighted by molar-refractivity contribution is -0.120. The molecule has 103 heavy (non-hydrogen) atoms. The number of amides is 7. The summed E-state index contributed by atoms with van der Waals surface area (Å²) in [5, 5.41) is 61.8. The first-order valence-electron chi connectivity index (χ1n) is 31.6. The Morgan fingerprint density at radius 3 is 1.02 bits per heavy atom. The van der Waals surface area contributed by atoms with Gasteiger partial charge >= 0.3 is 12.1 Å². The molecule has 0 spiro atoms. The highest BCUT2D eigenvalue weighted by Gasteiger charge is 2.34. The zero-order valence-corrected chi connectivity index (χ0v) is 57.4. The first kappa shape index (κ1) is 77.7. The largest absolute Gasteiger partial charge is 0.444 e. The van der Waals surface area contributed by atoms with Gasteiger partial charge in [-0.3, -0.25) is 34.1 Å². The minimum atomic E-state index is -3.41. The van der Waals surface area contributed by atoms with Crippen LogP contribution in [-0.2, 0) is 9.53 Å². The van der Waals surface area contributed by atoms with Gasteiger partial charge < -0.3 is 58.3 Å². The Morgan fingerprint density at radius 2 is 0.748 bits per heavy atom. The van der Waals surface area contributed by atoms with Crippen molar-refractivity contribution in [2.24, 2.45) is 5.73 Å². The van der Waals surface area contributed by atoms with E-state index in [1.165, 1.54) is 37.2 Å². The van der Waals surface area contributed by atoms with Gasteiger partial charge in [0.1, 0.15) is 23.8 Å². The summed E-state index contributed by atoms with van der Waals surface area (Å²) in [6.45, 7) is 11.4. The van der Waals surface area contributed by atoms with Crippen LogP contribution in [-0.4, -0.2) is 160 Å². The predicted octanol–water partition coefficient (Wildman–Crippen LogP) is 8.69. The van der Waals surface area contributed by atoms with Crippen molar-refractivity contribution >= 4 is 69.4 Å². The highest BCUT2D eigenvalue weighted by atomic mass is 19.3. The maximum atomic E-state index is 14.3. The van der Waals surface area contributed by atoms with E-state index in [-0.39, 0.29) is 34.8 Å². The smallest absolute Gasteiger partial charge is 0.407 e.